The van der Waals surface area contributed by atoms with Crippen molar-refractivity contribution in [2.24, 2.45) is 0 Å². The molecule has 0 bridgehead atoms. The first-order valence-corrected chi connectivity index (χ1v) is 10.1. The average Bonchev–Trinajstić information content (AvgIpc) is 2.84. The standard InChI is InChI=1S/C14H21ClN4OSi/c1-14(2,3)21(4,5)20-9-11-8-19(10-17-11)13-16-7-6-12(15)18-13/h6-8,10H,9H2,1-5H3. The van der Waals surface area contributed by atoms with E-state index in [1.54, 1.807) is 23.2 Å². The second kappa shape index (κ2) is 5.86. The Hall–Kier alpha value is -1.24. The number of hydrogen-bond donors (Lipinski definition) is 0. The van der Waals surface area contributed by atoms with Crippen molar-refractivity contribution >= 4 is 19.9 Å². The number of imidazole rings is 1. The van der Waals surface area contributed by atoms with E-state index in [1.807, 2.05) is 6.20 Å². The van der Waals surface area contributed by atoms with Gasteiger partial charge in [-0.25, -0.2) is 15.0 Å². The summed E-state index contributed by atoms with van der Waals surface area (Å²) in [4.78, 5) is 12.7. The van der Waals surface area contributed by atoms with Crippen LogP contribution in [0.25, 0.3) is 5.95 Å². The predicted molar refractivity (Wildman–Crippen MR) is 86.2 cm³/mol. The van der Waals surface area contributed by atoms with Gasteiger partial charge in [0.25, 0.3) is 0 Å². The van der Waals surface area contributed by atoms with Crippen molar-refractivity contribution in [3.05, 3.63) is 35.6 Å². The molecule has 21 heavy (non-hydrogen) atoms. The quantitative estimate of drug-likeness (QED) is 0.633. The molecule has 5 nitrogen and oxygen atoms in total. The van der Waals surface area contributed by atoms with Gasteiger partial charge < -0.3 is 4.43 Å². The second-order valence-corrected chi connectivity index (χ2v) is 11.7. The molecule has 0 aliphatic carbocycles. The van der Waals surface area contributed by atoms with Gasteiger partial charge in [-0.3, -0.25) is 4.57 Å². The van der Waals surface area contributed by atoms with Crippen molar-refractivity contribution in [3.8, 4) is 5.95 Å². The molecule has 0 saturated carbocycles. The van der Waals surface area contributed by atoms with Crippen LogP contribution in [0.2, 0.25) is 23.3 Å². The molecule has 0 fully saturated rings. The minimum atomic E-state index is -1.77. The predicted octanol–water partition coefficient (Wildman–Crippen LogP) is 3.84. The zero-order chi connectivity index (χ0) is 15.7. The summed E-state index contributed by atoms with van der Waals surface area (Å²) in [6.07, 6.45) is 5.17. The van der Waals surface area contributed by atoms with Gasteiger partial charge in [-0.05, 0) is 24.2 Å². The fourth-order valence-corrected chi connectivity index (χ4v) is 2.54. The maximum Gasteiger partial charge on any atom is 0.236 e. The average molecular weight is 325 g/mol. The Labute approximate surface area is 131 Å². The summed E-state index contributed by atoms with van der Waals surface area (Å²) in [5.74, 6) is 0.508. The highest BCUT2D eigenvalue weighted by Crippen LogP contribution is 2.36. The summed E-state index contributed by atoms with van der Waals surface area (Å²) in [7, 11) is -1.77. The van der Waals surface area contributed by atoms with Crippen molar-refractivity contribution in [2.75, 3.05) is 0 Å². The smallest absolute Gasteiger partial charge is 0.236 e. The SMILES string of the molecule is CC(C)(C)[Si](C)(C)OCc1cn(-c2nccc(Cl)n2)cn1. The van der Waals surface area contributed by atoms with Crippen molar-refractivity contribution in [2.45, 2.75) is 45.5 Å². The van der Waals surface area contributed by atoms with Crippen LogP contribution in [-0.4, -0.2) is 27.8 Å². The highest BCUT2D eigenvalue weighted by molar-refractivity contribution is 6.74. The number of aromatic nitrogens is 4. The van der Waals surface area contributed by atoms with Crippen molar-refractivity contribution in [1.82, 2.24) is 19.5 Å². The van der Waals surface area contributed by atoms with Crippen LogP contribution in [0, 0.1) is 0 Å². The molecule has 0 radical (unpaired) electrons. The lowest BCUT2D eigenvalue weighted by Gasteiger charge is -2.35. The van der Waals surface area contributed by atoms with Crippen LogP contribution in [0.5, 0.6) is 0 Å². The third-order valence-electron chi connectivity index (χ3n) is 3.86. The zero-order valence-corrected chi connectivity index (χ0v) is 14.8. The fourth-order valence-electron chi connectivity index (χ4n) is 1.47. The number of rotatable bonds is 4. The highest BCUT2D eigenvalue weighted by Gasteiger charge is 2.37. The van der Waals surface area contributed by atoms with E-state index in [0.717, 1.165) is 5.69 Å². The summed E-state index contributed by atoms with van der Waals surface area (Å²) in [5.41, 5.74) is 0.864. The molecule has 0 aliphatic rings. The normalized spacial score (nSPS) is 12.7. The molecule has 7 heteroatoms. The summed E-state index contributed by atoms with van der Waals surface area (Å²) >= 11 is 5.87. The van der Waals surface area contributed by atoms with Gasteiger partial charge in [0, 0.05) is 12.4 Å². The molecule has 0 aromatic carbocycles. The van der Waals surface area contributed by atoms with Crippen molar-refractivity contribution < 1.29 is 4.43 Å². The molecule has 0 amide bonds. The highest BCUT2D eigenvalue weighted by atomic mass is 35.5. The van der Waals surface area contributed by atoms with Gasteiger partial charge >= 0.3 is 0 Å². The molecule has 0 atom stereocenters. The number of nitrogens with zero attached hydrogens (tertiary/aromatic N) is 4. The van der Waals surface area contributed by atoms with Crippen LogP contribution in [0.4, 0.5) is 0 Å². The lowest BCUT2D eigenvalue weighted by Crippen LogP contribution is -2.40. The lowest BCUT2D eigenvalue weighted by atomic mass is 10.2. The second-order valence-electron chi connectivity index (χ2n) is 6.50. The van der Waals surface area contributed by atoms with Gasteiger partial charge in [0.05, 0.1) is 12.3 Å². The topological polar surface area (TPSA) is 52.8 Å². The van der Waals surface area contributed by atoms with E-state index in [1.165, 1.54) is 0 Å². The van der Waals surface area contributed by atoms with Crippen LogP contribution < -0.4 is 0 Å². The summed E-state index contributed by atoms with van der Waals surface area (Å²) in [6, 6.07) is 1.64. The molecular weight excluding hydrogens is 304 g/mol. The summed E-state index contributed by atoms with van der Waals surface area (Å²) in [5, 5.41) is 0.596. The van der Waals surface area contributed by atoms with Crippen LogP contribution in [0.1, 0.15) is 26.5 Å². The van der Waals surface area contributed by atoms with Gasteiger partial charge in [0.15, 0.2) is 8.32 Å². The van der Waals surface area contributed by atoms with Crippen LogP contribution in [-0.2, 0) is 11.0 Å². The maximum atomic E-state index is 6.15. The van der Waals surface area contributed by atoms with E-state index in [2.05, 4.69) is 48.8 Å². The Morgan fingerprint density at radius 1 is 1.29 bits per heavy atom. The molecule has 2 rings (SSSR count). The Balaban J connectivity index is 2.08. The molecule has 2 aromatic heterocycles. The van der Waals surface area contributed by atoms with Gasteiger partial charge in [0.2, 0.25) is 5.95 Å². The molecule has 2 heterocycles. The monoisotopic (exact) mass is 324 g/mol. The molecule has 2 aromatic rings. The lowest BCUT2D eigenvalue weighted by molar-refractivity contribution is 0.272. The van der Waals surface area contributed by atoms with Crippen molar-refractivity contribution in [3.63, 3.8) is 0 Å². The molecule has 0 unspecified atom stereocenters. The first-order chi connectivity index (χ1) is 9.69. The van der Waals surface area contributed by atoms with Gasteiger partial charge in [0.1, 0.15) is 11.5 Å². The summed E-state index contributed by atoms with van der Waals surface area (Å²) in [6.45, 7) is 11.6. The molecule has 0 saturated heterocycles. The Morgan fingerprint density at radius 3 is 2.62 bits per heavy atom. The van der Waals surface area contributed by atoms with Gasteiger partial charge in [-0.1, -0.05) is 32.4 Å². The fraction of sp³-hybridized carbons (Fsp3) is 0.500. The zero-order valence-electron chi connectivity index (χ0n) is 13.1. The Bertz CT molecular complexity index is 621. The van der Waals surface area contributed by atoms with Gasteiger partial charge in [-0.15, -0.1) is 0 Å². The molecule has 0 spiro atoms. The Morgan fingerprint density at radius 2 is 2.00 bits per heavy atom. The number of halogens is 1. The third-order valence-corrected chi connectivity index (χ3v) is 8.55. The largest absolute Gasteiger partial charge is 0.411 e. The minimum absolute atomic E-state index is 0.186. The molecule has 114 valence electrons. The first kappa shape index (κ1) is 16.1. The molecule has 0 N–H and O–H groups in total. The number of hydrogen-bond acceptors (Lipinski definition) is 4. The van der Waals surface area contributed by atoms with E-state index < -0.39 is 8.32 Å². The molecular formula is C14H21ClN4OSi. The van der Waals surface area contributed by atoms with Crippen molar-refractivity contribution in [1.29, 1.82) is 0 Å². The van der Waals surface area contributed by atoms with E-state index in [0.29, 0.717) is 17.7 Å². The van der Waals surface area contributed by atoms with E-state index in [-0.39, 0.29) is 5.04 Å². The van der Waals surface area contributed by atoms with E-state index in [4.69, 9.17) is 16.0 Å². The van der Waals surface area contributed by atoms with Crippen LogP contribution >= 0.6 is 11.6 Å². The Kier molecular flexibility index (Phi) is 4.51. The van der Waals surface area contributed by atoms with Crippen LogP contribution in [0.3, 0.4) is 0 Å². The van der Waals surface area contributed by atoms with E-state index >= 15 is 0 Å². The third kappa shape index (κ3) is 3.90. The minimum Gasteiger partial charge on any atom is -0.411 e. The maximum absolute atomic E-state index is 6.15. The van der Waals surface area contributed by atoms with E-state index in [9.17, 15) is 0 Å². The van der Waals surface area contributed by atoms with Gasteiger partial charge in [-0.2, -0.15) is 0 Å². The summed E-state index contributed by atoms with van der Waals surface area (Å²) < 4.78 is 7.90. The van der Waals surface area contributed by atoms with Crippen LogP contribution in [0.15, 0.2) is 24.8 Å². The first-order valence-electron chi connectivity index (χ1n) is 6.85. The molecule has 0 aliphatic heterocycles.